The summed E-state index contributed by atoms with van der Waals surface area (Å²) in [4.78, 5) is 18.7. The van der Waals surface area contributed by atoms with Crippen LogP contribution in [-0.2, 0) is 0 Å². The van der Waals surface area contributed by atoms with Gasteiger partial charge in [0.1, 0.15) is 0 Å². The third-order valence-corrected chi connectivity index (χ3v) is 9.64. The molecule has 0 aliphatic carbocycles. The van der Waals surface area contributed by atoms with Gasteiger partial charge in [-0.15, -0.1) is 0 Å². The second-order valence-corrected chi connectivity index (χ2v) is 12.3. The Kier molecular flexibility index (Phi) is 5.84. The van der Waals surface area contributed by atoms with Gasteiger partial charge in [0.25, 0.3) is 0 Å². The molecule has 4 heteroatoms. The van der Waals surface area contributed by atoms with Crippen LogP contribution in [0, 0.1) is 0 Å². The molecule has 0 radical (unpaired) electrons. The van der Waals surface area contributed by atoms with E-state index in [1.165, 1.54) is 37.9 Å². The molecule has 7 aromatic carbocycles. The Balaban J connectivity index is 1.27. The maximum Gasteiger partial charge on any atom is 0.0891 e. The summed E-state index contributed by atoms with van der Waals surface area (Å²) in [5.41, 5.74) is 10.7. The lowest BCUT2D eigenvalue weighted by molar-refractivity contribution is 1.21. The minimum absolute atomic E-state index is 0.875. The molecule has 222 valence electrons. The van der Waals surface area contributed by atoms with E-state index in [0.717, 1.165) is 60.9 Å². The molecule has 0 unspecified atom stereocenters. The summed E-state index contributed by atoms with van der Waals surface area (Å²) in [6.45, 7) is 0. The second-order valence-electron chi connectivity index (χ2n) is 12.3. The van der Waals surface area contributed by atoms with Gasteiger partial charge in [0, 0.05) is 52.3 Å². The Labute approximate surface area is 276 Å². The molecule has 0 saturated carbocycles. The first kappa shape index (κ1) is 26.7. The number of benzene rings is 7. The van der Waals surface area contributed by atoms with Crippen molar-refractivity contribution in [2.75, 3.05) is 0 Å². The average Bonchev–Trinajstić information content (AvgIpc) is 3.16. The third-order valence-electron chi connectivity index (χ3n) is 9.64. The molecule has 0 saturated heterocycles. The zero-order valence-electron chi connectivity index (χ0n) is 25.8. The molecule has 3 heterocycles. The average molecular weight is 611 g/mol. The van der Waals surface area contributed by atoms with Gasteiger partial charge in [-0.05, 0) is 84.9 Å². The molecule has 0 fully saturated rings. The Morgan fingerprint density at radius 3 is 1.46 bits per heavy atom. The summed E-state index contributed by atoms with van der Waals surface area (Å²) in [6, 6.07) is 45.9. The SMILES string of the molecule is c1cnc2c(-c3cc(-c4ccc5ccc6c(-c7cnccn7)ccc7ccc4c5c76)cc(-c4cccc5cccnc45)c3)cccc2c1. The number of fused-ring (bicyclic) bond motifs is 2. The monoisotopic (exact) mass is 610 g/mol. The van der Waals surface area contributed by atoms with Gasteiger partial charge in [-0.25, -0.2) is 0 Å². The third kappa shape index (κ3) is 4.10. The van der Waals surface area contributed by atoms with Crippen LogP contribution in [0.3, 0.4) is 0 Å². The highest BCUT2D eigenvalue weighted by atomic mass is 14.8. The highest BCUT2D eigenvalue weighted by Gasteiger charge is 2.18. The van der Waals surface area contributed by atoms with Crippen molar-refractivity contribution in [2.24, 2.45) is 0 Å². The molecule has 0 atom stereocenters. The van der Waals surface area contributed by atoms with Crippen molar-refractivity contribution in [2.45, 2.75) is 0 Å². The highest BCUT2D eigenvalue weighted by molar-refractivity contribution is 6.27. The first-order valence-electron chi connectivity index (χ1n) is 16.1. The Bertz CT molecular complexity index is 2730. The Morgan fingerprint density at radius 2 is 0.875 bits per heavy atom. The summed E-state index contributed by atoms with van der Waals surface area (Å²) < 4.78 is 0. The van der Waals surface area contributed by atoms with E-state index in [0.29, 0.717) is 0 Å². The van der Waals surface area contributed by atoms with Crippen LogP contribution >= 0.6 is 0 Å². The summed E-state index contributed by atoms with van der Waals surface area (Å²) in [5.74, 6) is 0. The van der Waals surface area contributed by atoms with Gasteiger partial charge >= 0.3 is 0 Å². The number of rotatable bonds is 4. The van der Waals surface area contributed by atoms with E-state index in [2.05, 4.69) is 125 Å². The van der Waals surface area contributed by atoms with Crippen LogP contribution in [-0.4, -0.2) is 19.9 Å². The zero-order chi connectivity index (χ0) is 31.6. The van der Waals surface area contributed by atoms with Crippen molar-refractivity contribution >= 4 is 54.1 Å². The molecule has 0 aliphatic heterocycles. The van der Waals surface area contributed by atoms with E-state index in [1.54, 1.807) is 12.4 Å². The van der Waals surface area contributed by atoms with Crippen molar-refractivity contribution in [3.8, 4) is 44.6 Å². The minimum Gasteiger partial charge on any atom is -0.261 e. The lowest BCUT2D eigenvalue weighted by Gasteiger charge is -2.18. The smallest absolute Gasteiger partial charge is 0.0891 e. The van der Waals surface area contributed by atoms with Crippen molar-refractivity contribution < 1.29 is 0 Å². The molecule has 4 nitrogen and oxygen atoms in total. The predicted molar refractivity (Wildman–Crippen MR) is 198 cm³/mol. The standard InChI is InChI=1S/C44H26N4/c1-5-29-7-3-19-47-43(29)35(9-1)32-23-31(24-33(25-32)36-10-2-6-30-8-4-20-48-44(30)36)34-15-11-27-14-18-39-37(40-26-45-21-22-46-40)16-12-28-13-17-38(34)41(27)42(28)39/h1-26H. The molecular formula is C44H26N4. The second kappa shape index (κ2) is 10.5. The fourth-order valence-corrected chi connectivity index (χ4v) is 7.48. The molecule has 0 aliphatic rings. The quantitative estimate of drug-likeness (QED) is 0.186. The zero-order valence-corrected chi connectivity index (χ0v) is 25.8. The molecule has 0 spiro atoms. The summed E-state index contributed by atoms with van der Waals surface area (Å²) >= 11 is 0. The van der Waals surface area contributed by atoms with E-state index in [1.807, 2.05) is 30.7 Å². The molecule has 0 N–H and O–H groups in total. The largest absolute Gasteiger partial charge is 0.261 e. The highest BCUT2D eigenvalue weighted by Crippen LogP contribution is 2.44. The number of hydrogen-bond acceptors (Lipinski definition) is 4. The fraction of sp³-hybridized carbons (Fsp3) is 0. The van der Waals surface area contributed by atoms with E-state index >= 15 is 0 Å². The van der Waals surface area contributed by atoms with E-state index in [9.17, 15) is 0 Å². The van der Waals surface area contributed by atoms with Crippen LogP contribution in [0.25, 0.3) is 98.8 Å². The lowest BCUT2D eigenvalue weighted by atomic mass is 9.86. The number of para-hydroxylation sites is 2. The predicted octanol–water partition coefficient (Wildman–Crippen LogP) is 11.1. The van der Waals surface area contributed by atoms with E-state index < -0.39 is 0 Å². The minimum atomic E-state index is 0.875. The van der Waals surface area contributed by atoms with Crippen LogP contribution in [0.5, 0.6) is 0 Å². The number of pyridine rings is 2. The van der Waals surface area contributed by atoms with Gasteiger partial charge in [0.2, 0.25) is 0 Å². The van der Waals surface area contributed by atoms with Crippen molar-refractivity contribution in [3.05, 3.63) is 158 Å². The van der Waals surface area contributed by atoms with Crippen LogP contribution in [0.4, 0.5) is 0 Å². The summed E-state index contributed by atoms with van der Waals surface area (Å²) in [7, 11) is 0. The maximum atomic E-state index is 4.83. The summed E-state index contributed by atoms with van der Waals surface area (Å²) in [6.07, 6.45) is 9.07. The van der Waals surface area contributed by atoms with Gasteiger partial charge in [-0.1, -0.05) is 97.1 Å². The van der Waals surface area contributed by atoms with E-state index in [4.69, 9.17) is 9.97 Å². The van der Waals surface area contributed by atoms with Crippen LogP contribution < -0.4 is 0 Å². The van der Waals surface area contributed by atoms with Crippen molar-refractivity contribution in [3.63, 3.8) is 0 Å². The van der Waals surface area contributed by atoms with Crippen LogP contribution in [0.1, 0.15) is 0 Å². The molecule has 48 heavy (non-hydrogen) atoms. The fourth-order valence-electron chi connectivity index (χ4n) is 7.48. The normalized spacial score (nSPS) is 11.8. The number of hydrogen-bond donors (Lipinski definition) is 0. The first-order valence-corrected chi connectivity index (χ1v) is 16.1. The molecule has 10 rings (SSSR count). The van der Waals surface area contributed by atoms with E-state index in [-0.39, 0.29) is 0 Å². The van der Waals surface area contributed by atoms with Gasteiger partial charge in [0.05, 0.1) is 22.9 Å². The molecule has 0 amide bonds. The summed E-state index contributed by atoms with van der Waals surface area (Å²) in [5, 5.41) is 9.59. The van der Waals surface area contributed by atoms with Crippen LogP contribution in [0.15, 0.2) is 158 Å². The molecule has 0 bridgehead atoms. The maximum absolute atomic E-state index is 4.83. The number of nitrogens with zero attached hydrogens (tertiary/aromatic N) is 4. The molecule has 10 aromatic rings. The van der Waals surface area contributed by atoms with Crippen molar-refractivity contribution in [1.29, 1.82) is 0 Å². The van der Waals surface area contributed by atoms with Gasteiger partial charge < -0.3 is 0 Å². The lowest BCUT2D eigenvalue weighted by Crippen LogP contribution is -1.92. The van der Waals surface area contributed by atoms with Gasteiger partial charge in [0.15, 0.2) is 0 Å². The molecular weight excluding hydrogens is 585 g/mol. The van der Waals surface area contributed by atoms with Gasteiger partial charge in [-0.2, -0.15) is 0 Å². The number of aromatic nitrogens is 4. The Hall–Kier alpha value is -6.52. The van der Waals surface area contributed by atoms with Gasteiger partial charge in [-0.3, -0.25) is 19.9 Å². The Morgan fingerprint density at radius 1 is 0.354 bits per heavy atom. The first-order chi connectivity index (χ1) is 23.8. The molecule has 3 aromatic heterocycles. The topological polar surface area (TPSA) is 51.6 Å². The van der Waals surface area contributed by atoms with Crippen LogP contribution in [0.2, 0.25) is 0 Å². The van der Waals surface area contributed by atoms with Crippen molar-refractivity contribution in [1.82, 2.24) is 19.9 Å².